The van der Waals surface area contributed by atoms with E-state index >= 15 is 0 Å². The summed E-state index contributed by atoms with van der Waals surface area (Å²) in [4.78, 5) is 4.46. The Morgan fingerprint density at radius 3 is 2.67 bits per heavy atom. The van der Waals surface area contributed by atoms with E-state index in [-0.39, 0.29) is 6.04 Å². The summed E-state index contributed by atoms with van der Waals surface area (Å²) < 4.78 is 5.06. The number of methoxy groups -OCH3 is 1. The SMILES string of the molecule is CCCCN=C(NCC)NC(C)COC. The molecule has 0 aliphatic carbocycles. The summed E-state index contributed by atoms with van der Waals surface area (Å²) >= 11 is 0. The van der Waals surface area contributed by atoms with Gasteiger partial charge in [0.2, 0.25) is 0 Å². The van der Waals surface area contributed by atoms with Gasteiger partial charge in [0.1, 0.15) is 0 Å². The summed E-state index contributed by atoms with van der Waals surface area (Å²) in [6.45, 7) is 8.78. The molecule has 1 unspecified atom stereocenters. The number of guanidine groups is 1. The minimum atomic E-state index is 0.287. The maximum Gasteiger partial charge on any atom is 0.191 e. The van der Waals surface area contributed by atoms with Crippen LogP contribution in [0.1, 0.15) is 33.6 Å². The van der Waals surface area contributed by atoms with Gasteiger partial charge in [0.15, 0.2) is 5.96 Å². The van der Waals surface area contributed by atoms with E-state index < -0.39 is 0 Å². The minimum absolute atomic E-state index is 0.287. The second kappa shape index (κ2) is 9.77. The molecule has 4 heteroatoms. The van der Waals surface area contributed by atoms with Gasteiger partial charge in [-0.15, -0.1) is 0 Å². The van der Waals surface area contributed by atoms with Gasteiger partial charge in [0, 0.05) is 26.2 Å². The highest BCUT2D eigenvalue weighted by Crippen LogP contribution is 1.88. The van der Waals surface area contributed by atoms with E-state index in [0.29, 0.717) is 6.61 Å². The van der Waals surface area contributed by atoms with Crippen molar-refractivity contribution in [2.75, 3.05) is 26.8 Å². The fraction of sp³-hybridized carbons (Fsp3) is 0.909. The largest absolute Gasteiger partial charge is 0.383 e. The third-order valence-corrected chi connectivity index (χ3v) is 1.93. The maximum absolute atomic E-state index is 5.06. The van der Waals surface area contributed by atoms with Crippen molar-refractivity contribution in [1.82, 2.24) is 10.6 Å². The predicted octanol–water partition coefficient (Wildman–Crippen LogP) is 1.38. The zero-order valence-corrected chi connectivity index (χ0v) is 10.5. The summed E-state index contributed by atoms with van der Waals surface area (Å²) in [6.07, 6.45) is 2.31. The van der Waals surface area contributed by atoms with Gasteiger partial charge in [-0.3, -0.25) is 4.99 Å². The van der Waals surface area contributed by atoms with Gasteiger partial charge in [0.25, 0.3) is 0 Å². The Kier molecular flexibility index (Phi) is 9.27. The Bertz CT molecular complexity index is 171. The first-order chi connectivity index (χ1) is 7.24. The minimum Gasteiger partial charge on any atom is -0.383 e. The van der Waals surface area contributed by atoms with Crippen LogP contribution in [0, 0.1) is 0 Å². The zero-order chi connectivity index (χ0) is 11.5. The third-order valence-electron chi connectivity index (χ3n) is 1.93. The van der Waals surface area contributed by atoms with Crippen molar-refractivity contribution in [1.29, 1.82) is 0 Å². The Labute approximate surface area is 93.5 Å². The fourth-order valence-corrected chi connectivity index (χ4v) is 1.19. The van der Waals surface area contributed by atoms with Gasteiger partial charge in [-0.25, -0.2) is 0 Å². The highest BCUT2D eigenvalue weighted by Gasteiger charge is 2.03. The molecular formula is C11H25N3O. The quantitative estimate of drug-likeness (QED) is 0.383. The summed E-state index contributed by atoms with van der Waals surface area (Å²) in [6, 6.07) is 0.287. The fourth-order valence-electron chi connectivity index (χ4n) is 1.19. The summed E-state index contributed by atoms with van der Waals surface area (Å²) in [5.41, 5.74) is 0. The number of hydrogen-bond donors (Lipinski definition) is 2. The standard InChI is InChI=1S/C11H25N3O/c1-5-7-8-13-11(12-6-2)14-10(3)9-15-4/h10H,5-9H2,1-4H3,(H2,12,13,14). The van der Waals surface area contributed by atoms with Gasteiger partial charge in [-0.1, -0.05) is 13.3 Å². The molecule has 0 heterocycles. The maximum atomic E-state index is 5.06. The number of ether oxygens (including phenoxy) is 1. The van der Waals surface area contributed by atoms with Crippen LogP contribution in [0.3, 0.4) is 0 Å². The molecule has 0 aromatic heterocycles. The average molecular weight is 215 g/mol. The van der Waals surface area contributed by atoms with Crippen LogP contribution in [0.25, 0.3) is 0 Å². The molecule has 15 heavy (non-hydrogen) atoms. The smallest absolute Gasteiger partial charge is 0.191 e. The first-order valence-electron chi connectivity index (χ1n) is 5.78. The van der Waals surface area contributed by atoms with Crippen LogP contribution in [0.4, 0.5) is 0 Å². The molecule has 1 atom stereocenters. The van der Waals surface area contributed by atoms with Crippen LogP contribution >= 0.6 is 0 Å². The lowest BCUT2D eigenvalue weighted by Crippen LogP contribution is -2.44. The molecule has 0 bridgehead atoms. The summed E-state index contributed by atoms with van der Waals surface area (Å²) in [5.74, 6) is 0.885. The molecule has 0 rings (SSSR count). The second-order valence-electron chi connectivity index (χ2n) is 3.61. The van der Waals surface area contributed by atoms with Gasteiger partial charge in [0.05, 0.1) is 6.61 Å². The van der Waals surface area contributed by atoms with Crippen molar-refractivity contribution in [2.24, 2.45) is 4.99 Å². The lowest BCUT2D eigenvalue weighted by molar-refractivity contribution is 0.179. The molecule has 0 aliphatic heterocycles. The normalized spacial score (nSPS) is 13.7. The number of nitrogens with zero attached hydrogens (tertiary/aromatic N) is 1. The number of hydrogen-bond acceptors (Lipinski definition) is 2. The summed E-state index contributed by atoms with van der Waals surface area (Å²) in [5, 5.41) is 6.51. The molecule has 0 aliphatic rings. The van der Waals surface area contributed by atoms with E-state index in [0.717, 1.165) is 25.5 Å². The van der Waals surface area contributed by atoms with Crippen LogP contribution in [0.15, 0.2) is 4.99 Å². The Morgan fingerprint density at radius 2 is 2.13 bits per heavy atom. The molecule has 0 saturated heterocycles. The molecule has 2 N–H and O–H groups in total. The molecule has 0 aromatic carbocycles. The topological polar surface area (TPSA) is 45.7 Å². The van der Waals surface area contributed by atoms with Crippen molar-refractivity contribution in [3.63, 3.8) is 0 Å². The molecule has 0 spiro atoms. The molecule has 0 radical (unpaired) electrons. The second-order valence-corrected chi connectivity index (χ2v) is 3.61. The Balaban J connectivity index is 3.95. The van der Waals surface area contributed by atoms with Crippen molar-refractivity contribution in [3.8, 4) is 0 Å². The van der Waals surface area contributed by atoms with Crippen molar-refractivity contribution >= 4 is 5.96 Å². The van der Waals surface area contributed by atoms with Gasteiger partial charge >= 0.3 is 0 Å². The first-order valence-corrected chi connectivity index (χ1v) is 5.78. The molecule has 4 nitrogen and oxygen atoms in total. The van der Waals surface area contributed by atoms with Crippen molar-refractivity contribution < 1.29 is 4.74 Å². The van der Waals surface area contributed by atoms with E-state index in [1.54, 1.807) is 7.11 Å². The Hall–Kier alpha value is -0.770. The first kappa shape index (κ1) is 14.2. The van der Waals surface area contributed by atoms with Crippen LogP contribution in [0.5, 0.6) is 0 Å². The van der Waals surface area contributed by atoms with Crippen LogP contribution in [-0.2, 0) is 4.74 Å². The van der Waals surface area contributed by atoms with E-state index in [1.807, 2.05) is 0 Å². The van der Waals surface area contributed by atoms with E-state index in [4.69, 9.17) is 4.74 Å². The molecular weight excluding hydrogens is 190 g/mol. The highest BCUT2D eigenvalue weighted by atomic mass is 16.5. The molecule has 0 fully saturated rings. The molecule has 0 saturated carbocycles. The number of aliphatic imine (C=N–C) groups is 1. The van der Waals surface area contributed by atoms with Gasteiger partial charge < -0.3 is 15.4 Å². The van der Waals surface area contributed by atoms with Crippen LogP contribution in [-0.4, -0.2) is 38.8 Å². The molecule has 90 valence electrons. The van der Waals surface area contributed by atoms with Gasteiger partial charge in [-0.05, 0) is 20.3 Å². The van der Waals surface area contributed by atoms with Crippen molar-refractivity contribution in [2.45, 2.75) is 39.7 Å². The Morgan fingerprint density at radius 1 is 1.40 bits per heavy atom. The zero-order valence-electron chi connectivity index (χ0n) is 10.5. The van der Waals surface area contributed by atoms with E-state index in [9.17, 15) is 0 Å². The summed E-state index contributed by atoms with van der Waals surface area (Å²) in [7, 11) is 1.71. The predicted molar refractivity (Wildman–Crippen MR) is 65.4 cm³/mol. The monoisotopic (exact) mass is 215 g/mol. The van der Waals surface area contributed by atoms with Gasteiger partial charge in [-0.2, -0.15) is 0 Å². The number of nitrogens with one attached hydrogen (secondary N) is 2. The van der Waals surface area contributed by atoms with Crippen LogP contribution in [0.2, 0.25) is 0 Å². The number of rotatable bonds is 7. The lowest BCUT2D eigenvalue weighted by atomic mass is 10.3. The average Bonchev–Trinajstić information content (AvgIpc) is 2.18. The third kappa shape index (κ3) is 8.24. The van der Waals surface area contributed by atoms with Crippen molar-refractivity contribution in [3.05, 3.63) is 0 Å². The lowest BCUT2D eigenvalue weighted by Gasteiger charge is -2.16. The molecule has 0 amide bonds. The van der Waals surface area contributed by atoms with E-state index in [1.165, 1.54) is 6.42 Å². The number of unbranched alkanes of at least 4 members (excludes halogenated alkanes) is 1. The van der Waals surface area contributed by atoms with Crippen LogP contribution < -0.4 is 10.6 Å². The molecule has 0 aromatic rings. The highest BCUT2D eigenvalue weighted by molar-refractivity contribution is 5.80. The van der Waals surface area contributed by atoms with E-state index in [2.05, 4.69) is 36.4 Å².